The molecule has 3 aromatic rings. The Balaban J connectivity index is 1.27. The molecule has 11 heteroatoms. The lowest BCUT2D eigenvalue weighted by atomic mass is 9.55. The number of carbonyl (C=O) groups excluding carboxylic acids is 2. The molecule has 11 nitrogen and oxygen atoms in total. The highest BCUT2D eigenvalue weighted by molar-refractivity contribution is 6.03. The van der Waals surface area contributed by atoms with Crippen LogP contribution in [0.3, 0.4) is 0 Å². The molecule has 0 saturated heterocycles. The lowest BCUT2D eigenvalue weighted by molar-refractivity contribution is -0.258. The molecule has 1 heterocycles. The molecule has 6 unspecified atom stereocenters. The van der Waals surface area contributed by atoms with Crippen molar-refractivity contribution in [2.75, 3.05) is 33.0 Å². The van der Waals surface area contributed by atoms with E-state index in [9.17, 15) is 15.0 Å². The van der Waals surface area contributed by atoms with E-state index in [1.165, 1.54) is 51.4 Å². The second-order valence-electron chi connectivity index (χ2n) is 19.6. The number of allylic oxidation sites excluding steroid dienone is 1. The summed E-state index contributed by atoms with van der Waals surface area (Å²) in [5.74, 6) is -0.920. The zero-order chi connectivity index (χ0) is 47.7. The van der Waals surface area contributed by atoms with E-state index in [2.05, 4.69) is 55.2 Å². The van der Waals surface area contributed by atoms with E-state index in [-0.39, 0.29) is 49.4 Å². The van der Waals surface area contributed by atoms with Gasteiger partial charge in [0.05, 0.1) is 18.2 Å². The number of aliphatic hydroxyl groups is 2. The van der Waals surface area contributed by atoms with Gasteiger partial charge in [-0.25, -0.2) is 4.79 Å². The fourth-order valence-corrected chi connectivity index (χ4v) is 11.3. The summed E-state index contributed by atoms with van der Waals surface area (Å²) in [5.41, 5.74) is 3.69. The van der Waals surface area contributed by atoms with Gasteiger partial charge in [0.2, 0.25) is 11.7 Å². The Labute approximate surface area is 405 Å². The van der Waals surface area contributed by atoms with Crippen molar-refractivity contribution in [3.05, 3.63) is 96.1 Å². The minimum Gasteiger partial charge on any atom is -0.459 e. The number of nitrogens with one attached hydrogen (secondary N) is 1. The van der Waals surface area contributed by atoms with Crippen LogP contribution < -0.4 is 14.8 Å². The molecule has 68 heavy (non-hydrogen) atoms. The summed E-state index contributed by atoms with van der Waals surface area (Å²) < 4.78 is 20.7. The third-order valence-corrected chi connectivity index (χ3v) is 14.8. The summed E-state index contributed by atoms with van der Waals surface area (Å²) in [6.45, 7) is 9.91. The number of benzene rings is 3. The lowest BCUT2D eigenvalue weighted by Crippen LogP contribution is -2.70. The van der Waals surface area contributed by atoms with Crippen molar-refractivity contribution in [1.82, 2.24) is 10.2 Å². The molecule has 0 bridgehead atoms. The molecule has 2 amide bonds. The van der Waals surface area contributed by atoms with Crippen LogP contribution in [0.4, 0.5) is 4.79 Å². The average Bonchev–Trinajstić information content (AvgIpc) is 4.21. The first-order valence-electron chi connectivity index (χ1n) is 26.3. The van der Waals surface area contributed by atoms with E-state index < -0.39 is 23.8 Å². The van der Waals surface area contributed by atoms with Crippen molar-refractivity contribution >= 4 is 28.5 Å². The predicted molar refractivity (Wildman–Crippen MR) is 270 cm³/mol. The summed E-state index contributed by atoms with van der Waals surface area (Å²) in [6, 6.07) is 19.6. The topological polar surface area (TPSA) is 139 Å². The molecule has 2 saturated carbocycles. The smallest absolute Gasteiger partial charge is 0.412 e. The first-order chi connectivity index (χ1) is 33.4. The zero-order valence-corrected chi connectivity index (χ0v) is 41.0. The van der Waals surface area contributed by atoms with Crippen LogP contribution in [-0.2, 0) is 20.9 Å². The highest BCUT2D eigenvalue weighted by atomic mass is 16.7. The number of aliphatic hydroxyl groups excluding tert-OH is 2. The van der Waals surface area contributed by atoms with Crippen LogP contribution in [0.5, 0.6) is 11.5 Å². The molecule has 3 aromatic carbocycles. The van der Waals surface area contributed by atoms with Crippen LogP contribution in [0.2, 0.25) is 0 Å². The number of unbranched alkanes of at least 4 members (excludes halogenated alkanes) is 11. The van der Waals surface area contributed by atoms with Gasteiger partial charge in [0, 0.05) is 50.1 Å². The monoisotopic (exact) mass is 934 g/mol. The Morgan fingerprint density at radius 2 is 1.60 bits per heavy atom. The van der Waals surface area contributed by atoms with Gasteiger partial charge in [-0.1, -0.05) is 137 Å². The van der Waals surface area contributed by atoms with Crippen LogP contribution in [0.25, 0.3) is 10.8 Å². The first-order valence-corrected chi connectivity index (χ1v) is 26.3. The highest BCUT2D eigenvalue weighted by Gasteiger charge is 2.66. The highest BCUT2D eigenvalue weighted by Crippen LogP contribution is 2.62. The van der Waals surface area contributed by atoms with E-state index in [0.717, 1.165) is 84.6 Å². The van der Waals surface area contributed by atoms with E-state index in [1.54, 1.807) is 12.1 Å². The number of hydrogen-bond acceptors (Lipinski definition) is 9. The van der Waals surface area contributed by atoms with Gasteiger partial charge in [0.25, 0.3) is 0 Å². The summed E-state index contributed by atoms with van der Waals surface area (Å²) >= 11 is 0. The normalized spacial score (nSPS) is 23.3. The number of oxime groups is 1. The molecule has 1 aliphatic heterocycles. The summed E-state index contributed by atoms with van der Waals surface area (Å²) in [6.07, 6.45) is 22.4. The minimum atomic E-state index is -1.38. The van der Waals surface area contributed by atoms with Crippen LogP contribution in [0.15, 0.2) is 90.1 Å². The number of carbonyl (C=O) groups is 2. The molecule has 7 rings (SSSR count). The van der Waals surface area contributed by atoms with Gasteiger partial charge in [-0.05, 0) is 104 Å². The van der Waals surface area contributed by atoms with Crippen LogP contribution in [0, 0.1) is 23.7 Å². The summed E-state index contributed by atoms with van der Waals surface area (Å²) in [5, 5.41) is 30.1. The van der Waals surface area contributed by atoms with Gasteiger partial charge in [-0.2, -0.15) is 0 Å². The largest absolute Gasteiger partial charge is 0.459 e. The van der Waals surface area contributed by atoms with Crippen LogP contribution in [0.1, 0.15) is 153 Å². The number of fused-ring (bicyclic) bond motifs is 3. The van der Waals surface area contributed by atoms with E-state index in [4.69, 9.17) is 24.2 Å². The summed E-state index contributed by atoms with van der Waals surface area (Å²) in [7, 11) is 0. The molecule has 0 radical (unpaired) electrons. The molecule has 3 aliphatic carbocycles. The third kappa shape index (κ3) is 12.5. The number of nitrogens with zero attached hydrogens (tertiary/aromatic N) is 2. The first kappa shape index (κ1) is 51.1. The van der Waals surface area contributed by atoms with E-state index >= 15 is 4.79 Å². The Kier molecular flexibility index (Phi) is 19.4. The zero-order valence-electron chi connectivity index (χ0n) is 41.0. The second kappa shape index (κ2) is 25.8. The average molecular weight is 934 g/mol. The SMILES string of the molecule is C=CCOC12Oc3ccc(OC(=O)NCCCCCCCCCCCC)cc3C3C(CCCCO)C(CCCCO)C=C(C(=NOCC)CC1N(Cc1cccc4ccccc14)C(=O)C1CC1)C32. The fourth-order valence-electron chi connectivity index (χ4n) is 11.3. The Morgan fingerprint density at radius 1 is 0.882 bits per heavy atom. The molecule has 0 aromatic heterocycles. The quantitative estimate of drug-likeness (QED) is 0.0355. The molecule has 370 valence electrons. The van der Waals surface area contributed by atoms with Gasteiger partial charge in [0.15, 0.2) is 0 Å². The standard InChI is InChI=1S/C57H79N3O8/c1-4-7-8-9-10-11-12-13-14-19-33-58-56(64)67-45-31-32-51-49(38-45)53-47(28-18-21-35-62)43(24-17-20-34-61)37-48-50(59-66-6-3)39-52(57(68-51,54(48)53)65-36-5-2)60(55(63)42-29-30-42)40-44-26-22-25-41-23-15-16-27-46(41)44/h5,15-16,22-23,25-27,31-32,37-38,42-43,47,52-54,61-62H,2,4,6-14,17-21,24,28-30,33-36,39-40H2,1,3H3,(H,58,64). The minimum absolute atomic E-state index is 0.0431. The Morgan fingerprint density at radius 3 is 2.32 bits per heavy atom. The Hall–Kier alpha value is -4.71. The number of ether oxygens (including phenoxy) is 3. The van der Waals surface area contributed by atoms with Gasteiger partial charge < -0.3 is 39.5 Å². The van der Waals surface area contributed by atoms with Gasteiger partial charge in [0.1, 0.15) is 24.1 Å². The van der Waals surface area contributed by atoms with Crippen LogP contribution >= 0.6 is 0 Å². The molecule has 6 atom stereocenters. The van der Waals surface area contributed by atoms with Gasteiger partial charge in [-0.3, -0.25) is 4.79 Å². The van der Waals surface area contributed by atoms with Gasteiger partial charge in [-0.15, -0.1) is 6.58 Å². The van der Waals surface area contributed by atoms with Crippen molar-refractivity contribution in [2.45, 2.75) is 160 Å². The maximum absolute atomic E-state index is 15.0. The predicted octanol–water partition coefficient (Wildman–Crippen LogP) is 11.9. The van der Waals surface area contributed by atoms with Crippen molar-refractivity contribution in [1.29, 1.82) is 0 Å². The van der Waals surface area contributed by atoms with E-state index in [1.807, 2.05) is 36.1 Å². The lowest BCUT2D eigenvalue weighted by Gasteiger charge is -2.60. The molecular weight excluding hydrogens is 855 g/mol. The summed E-state index contributed by atoms with van der Waals surface area (Å²) in [4.78, 5) is 36.4. The number of amides is 2. The van der Waals surface area contributed by atoms with Crippen molar-refractivity contribution in [2.24, 2.45) is 28.8 Å². The molecule has 3 N–H and O–H groups in total. The van der Waals surface area contributed by atoms with Crippen molar-refractivity contribution < 1.29 is 38.9 Å². The second-order valence-corrected chi connectivity index (χ2v) is 19.6. The van der Waals surface area contributed by atoms with Crippen molar-refractivity contribution in [3.8, 4) is 11.5 Å². The molecular formula is C57H79N3O8. The maximum atomic E-state index is 15.0. The van der Waals surface area contributed by atoms with Crippen LogP contribution in [-0.4, -0.2) is 77.6 Å². The fraction of sp³-hybridized carbons (Fsp3) is 0.596. The molecule has 2 fully saturated rings. The maximum Gasteiger partial charge on any atom is 0.412 e. The molecule has 0 spiro atoms. The van der Waals surface area contributed by atoms with E-state index in [0.29, 0.717) is 50.5 Å². The number of rotatable bonds is 29. The van der Waals surface area contributed by atoms with Gasteiger partial charge >= 0.3 is 6.09 Å². The molecule has 4 aliphatic rings. The third-order valence-electron chi connectivity index (χ3n) is 14.8. The Bertz CT molecular complexity index is 2160. The number of hydrogen-bond donors (Lipinski definition) is 3. The van der Waals surface area contributed by atoms with Crippen molar-refractivity contribution in [3.63, 3.8) is 0 Å².